The summed E-state index contributed by atoms with van der Waals surface area (Å²) >= 11 is 1.15. The lowest BCUT2D eigenvalue weighted by Crippen LogP contribution is -2.28. The van der Waals surface area contributed by atoms with Gasteiger partial charge in [0.05, 0.1) is 18.8 Å². The summed E-state index contributed by atoms with van der Waals surface area (Å²) in [6.45, 7) is 3.92. The van der Waals surface area contributed by atoms with E-state index in [1.54, 1.807) is 27.9 Å². The fourth-order valence-electron chi connectivity index (χ4n) is 1.25. The van der Waals surface area contributed by atoms with Gasteiger partial charge in [0.2, 0.25) is 5.91 Å². The van der Waals surface area contributed by atoms with Crippen molar-refractivity contribution < 1.29 is 14.3 Å². The molecule has 1 heterocycles. The highest BCUT2D eigenvalue weighted by molar-refractivity contribution is 7.10. The predicted molar refractivity (Wildman–Crippen MR) is 70.0 cm³/mol. The molecule has 0 saturated heterocycles. The molecule has 1 amide bonds. The molecule has 7 heteroatoms. The number of aryl methyl sites for hydroxylation is 1. The Labute approximate surface area is 110 Å². The first-order chi connectivity index (χ1) is 8.47. The van der Waals surface area contributed by atoms with Gasteiger partial charge in [-0.05, 0) is 25.4 Å². The van der Waals surface area contributed by atoms with Gasteiger partial charge in [-0.1, -0.05) is 0 Å². The molecule has 6 nitrogen and oxygen atoms in total. The van der Waals surface area contributed by atoms with Gasteiger partial charge in [0.25, 0.3) is 0 Å². The van der Waals surface area contributed by atoms with Gasteiger partial charge in [0.15, 0.2) is 0 Å². The number of amides is 1. The number of anilines is 1. The van der Waals surface area contributed by atoms with Gasteiger partial charge >= 0.3 is 5.97 Å². The van der Waals surface area contributed by atoms with Crippen LogP contribution in [-0.4, -0.2) is 48.4 Å². The zero-order valence-corrected chi connectivity index (χ0v) is 11.8. The molecule has 0 atom stereocenters. The van der Waals surface area contributed by atoms with Crippen LogP contribution in [0.1, 0.15) is 23.0 Å². The quantitative estimate of drug-likeness (QED) is 0.813. The highest BCUT2D eigenvalue weighted by atomic mass is 32.1. The number of ether oxygens (including phenoxy) is 1. The molecule has 0 radical (unpaired) electrons. The van der Waals surface area contributed by atoms with Crippen molar-refractivity contribution >= 4 is 28.4 Å². The fraction of sp³-hybridized carbons (Fsp3) is 0.545. The first-order valence-corrected chi connectivity index (χ1v) is 6.32. The van der Waals surface area contributed by atoms with Crippen LogP contribution in [0.25, 0.3) is 0 Å². The molecular formula is C11H17N3O3S. The van der Waals surface area contributed by atoms with E-state index in [2.05, 4.69) is 9.69 Å². The number of hydrogen-bond donors (Lipinski definition) is 1. The molecule has 0 spiro atoms. The normalized spacial score (nSPS) is 10.0. The first-order valence-electron chi connectivity index (χ1n) is 5.54. The van der Waals surface area contributed by atoms with Crippen LogP contribution in [0, 0.1) is 6.92 Å². The maximum absolute atomic E-state index is 11.7. The second kappa shape index (κ2) is 6.34. The van der Waals surface area contributed by atoms with E-state index in [9.17, 15) is 9.59 Å². The SMILES string of the molecule is CCOC(=O)c1c(C)nsc1NCC(=O)N(C)C. The molecular weight excluding hydrogens is 254 g/mol. The van der Waals surface area contributed by atoms with Crippen molar-refractivity contribution in [2.75, 3.05) is 32.6 Å². The van der Waals surface area contributed by atoms with E-state index in [0.29, 0.717) is 22.9 Å². The molecule has 1 aromatic heterocycles. The summed E-state index contributed by atoms with van der Waals surface area (Å²) in [7, 11) is 3.35. The summed E-state index contributed by atoms with van der Waals surface area (Å²) in [6.07, 6.45) is 0. The van der Waals surface area contributed by atoms with E-state index in [1.807, 2.05) is 0 Å². The second-order valence-electron chi connectivity index (χ2n) is 3.83. The third-order valence-electron chi connectivity index (χ3n) is 2.24. The van der Waals surface area contributed by atoms with Crippen LogP contribution in [0.15, 0.2) is 0 Å². The number of nitrogens with one attached hydrogen (secondary N) is 1. The van der Waals surface area contributed by atoms with E-state index < -0.39 is 5.97 Å². The average Bonchev–Trinajstić information content (AvgIpc) is 2.67. The number of rotatable bonds is 5. The Balaban J connectivity index is 2.78. The lowest BCUT2D eigenvalue weighted by Gasteiger charge is -2.11. The summed E-state index contributed by atoms with van der Waals surface area (Å²) < 4.78 is 9.05. The summed E-state index contributed by atoms with van der Waals surface area (Å²) in [4.78, 5) is 24.7. The Bertz CT molecular complexity index is 443. The van der Waals surface area contributed by atoms with Crippen molar-refractivity contribution in [2.45, 2.75) is 13.8 Å². The van der Waals surface area contributed by atoms with Gasteiger partial charge in [-0.25, -0.2) is 4.79 Å². The minimum atomic E-state index is -0.413. The van der Waals surface area contributed by atoms with Gasteiger partial charge in [-0.2, -0.15) is 4.37 Å². The number of aromatic nitrogens is 1. The zero-order valence-electron chi connectivity index (χ0n) is 10.9. The standard InChI is InChI=1S/C11H17N3O3S/c1-5-17-11(16)9-7(2)13-18-10(9)12-6-8(15)14(3)4/h12H,5-6H2,1-4H3. The van der Waals surface area contributed by atoms with E-state index in [-0.39, 0.29) is 12.5 Å². The van der Waals surface area contributed by atoms with Crippen LogP contribution in [0.4, 0.5) is 5.00 Å². The van der Waals surface area contributed by atoms with Gasteiger partial charge in [-0.3, -0.25) is 4.79 Å². The molecule has 0 saturated carbocycles. The maximum atomic E-state index is 11.7. The molecule has 100 valence electrons. The van der Waals surface area contributed by atoms with Crippen molar-refractivity contribution in [1.82, 2.24) is 9.27 Å². The first kappa shape index (κ1) is 14.4. The number of hydrogen-bond acceptors (Lipinski definition) is 6. The molecule has 0 unspecified atom stereocenters. The van der Waals surface area contributed by atoms with Crippen LogP contribution in [0.2, 0.25) is 0 Å². The lowest BCUT2D eigenvalue weighted by molar-refractivity contribution is -0.126. The van der Waals surface area contributed by atoms with Crippen molar-refractivity contribution in [3.05, 3.63) is 11.3 Å². The second-order valence-corrected chi connectivity index (χ2v) is 4.61. The van der Waals surface area contributed by atoms with E-state index in [4.69, 9.17) is 4.74 Å². The number of carbonyl (C=O) groups excluding carboxylic acids is 2. The Morgan fingerprint density at radius 3 is 2.67 bits per heavy atom. The highest BCUT2D eigenvalue weighted by Gasteiger charge is 2.20. The predicted octanol–water partition coefficient (Wildman–Crippen LogP) is 1.13. The smallest absolute Gasteiger partial charge is 0.343 e. The highest BCUT2D eigenvalue weighted by Crippen LogP contribution is 2.25. The minimum absolute atomic E-state index is 0.0733. The largest absolute Gasteiger partial charge is 0.462 e. The molecule has 0 aromatic carbocycles. The van der Waals surface area contributed by atoms with Gasteiger partial charge in [0.1, 0.15) is 10.6 Å². The Morgan fingerprint density at radius 1 is 1.44 bits per heavy atom. The zero-order chi connectivity index (χ0) is 13.7. The molecule has 1 N–H and O–H groups in total. The molecule has 0 bridgehead atoms. The van der Waals surface area contributed by atoms with Gasteiger partial charge in [0, 0.05) is 14.1 Å². The van der Waals surface area contributed by atoms with E-state index in [0.717, 1.165) is 11.5 Å². The number of nitrogens with zero attached hydrogens (tertiary/aromatic N) is 2. The molecule has 1 rings (SSSR count). The van der Waals surface area contributed by atoms with Gasteiger partial charge in [-0.15, -0.1) is 0 Å². The third-order valence-corrected chi connectivity index (χ3v) is 3.14. The van der Waals surface area contributed by atoms with E-state index in [1.165, 1.54) is 4.90 Å². The van der Waals surface area contributed by atoms with Crippen LogP contribution < -0.4 is 5.32 Å². The van der Waals surface area contributed by atoms with Crippen molar-refractivity contribution in [1.29, 1.82) is 0 Å². The third kappa shape index (κ3) is 3.43. The monoisotopic (exact) mass is 271 g/mol. The van der Waals surface area contributed by atoms with Crippen LogP contribution in [-0.2, 0) is 9.53 Å². The fourth-order valence-corrected chi connectivity index (χ4v) is 2.03. The number of carbonyl (C=O) groups is 2. The molecule has 0 aliphatic heterocycles. The molecule has 0 fully saturated rings. The number of likely N-dealkylation sites (N-methyl/N-ethyl adjacent to an activating group) is 1. The number of esters is 1. The summed E-state index contributed by atoms with van der Waals surface area (Å²) in [5.74, 6) is -0.487. The Kier molecular flexibility index (Phi) is 5.08. The van der Waals surface area contributed by atoms with Crippen molar-refractivity contribution in [3.63, 3.8) is 0 Å². The summed E-state index contributed by atoms with van der Waals surface area (Å²) in [6, 6.07) is 0. The van der Waals surface area contributed by atoms with Crippen LogP contribution >= 0.6 is 11.5 Å². The van der Waals surface area contributed by atoms with Crippen LogP contribution in [0.3, 0.4) is 0 Å². The molecule has 1 aromatic rings. The topological polar surface area (TPSA) is 71.5 Å². The van der Waals surface area contributed by atoms with Gasteiger partial charge < -0.3 is 15.0 Å². The molecule has 18 heavy (non-hydrogen) atoms. The Morgan fingerprint density at radius 2 is 2.11 bits per heavy atom. The summed E-state index contributed by atoms with van der Waals surface area (Å²) in [5, 5.41) is 3.49. The van der Waals surface area contributed by atoms with Crippen LogP contribution in [0.5, 0.6) is 0 Å². The molecule has 0 aliphatic rings. The maximum Gasteiger partial charge on any atom is 0.343 e. The minimum Gasteiger partial charge on any atom is -0.462 e. The van der Waals surface area contributed by atoms with Crippen molar-refractivity contribution in [2.24, 2.45) is 0 Å². The Hall–Kier alpha value is -1.63. The lowest BCUT2D eigenvalue weighted by atomic mass is 10.2. The average molecular weight is 271 g/mol. The summed E-state index contributed by atoms with van der Waals surface area (Å²) in [5.41, 5.74) is 1.02. The van der Waals surface area contributed by atoms with Crippen molar-refractivity contribution in [3.8, 4) is 0 Å². The van der Waals surface area contributed by atoms with E-state index >= 15 is 0 Å². The molecule has 0 aliphatic carbocycles.